The molecule has 1 N–H and O–H groups in total. The lowest BCUT2D eigenvalue weighted by atomic mass is 9.97. The lowest BCUT2D eigenvalue weighted by Crippen LogP contribution is -2.47. The van der Waals surface area contributed by atoms with Gasteiger partial charge in [0.1, 0.15) is 0 Å². The first-order chi connectivity index (χ1) is 6.66. The molecule has 2 heterocycles. The standard InChI is InChI=1S/C12H24N2/c1-9(2)8-13-10-6-11-4-5-12(7-10)14(11)3/h9-13H,4-8H2,1-3H3. The first-order valence-corrected chi connectivity index (χ1v) is 6.12. The summed E-state index contributed by atoms with van der Waals surface area (Å²) >= 11 is 0. The van der Waals surface area contributed by atoms with Crippen molar-refractivity contribution >= 4 is 0 Å². The van der Waals surface area contributed by atoms with Crippen molar-refractivity contribution in [1.29, 1.82) is 0 Å². The molecular weight excluding hydrogens is 172 g/mol. The summed E-state index contributed by atoms with van der Waals surface area (Å²) in [6.07, 6.45) is 5.61. The Hall–Kier alpha value is -0.0800. The second-order valence-electron chi connectivity index (χ2n) is 5.52. The summed E-state index contributed by atoms with van der Waals surface area (Å²) < 4.78 is 0. The molecular formula is C12H24N2. The van der Waals surface area contributed by atoms with Gasteiger partial charge >= 0.3 is 0 Å². The van der Waals surface area contributed by atoms with Crippen molar-refractivity contribution in [2.24, 2.45) is 5.92 Å². The molecule has 0 aromatic heterocycles. The zero-order valence-corrected chi connectivity index (χ0v) is 9.79. The van der Waals surface area contributed by atoms with Crippen LogP contribution in [-0.4, -0.2) is 36.6 Å². The highest BCUT2D eigenvalue weighted by atomic mass is 15.2. The fourth-order valence-corrected chi connectivity index (χ4v) is 2.98. The lowest BCUT2D eigenvalue weighted by Gasteiger charge is -2.37. The molecule has 2 aliphatic heterocycles. The number of hydrogen-bond acceptors (Lipinski definition) is 2. The quantitative estimate of drug-likeness (QED) is 0.741. The third kappa shape index (κ3) is 2.12. The Balaban J connectivity index is 1.81. The fraction of sp³-hybridized carbons (Fsp3) is 1.00. The highest BCUT2D eigenvalue weighted by Gasteiger charge is 2.37. The molecule has 2 aliphatic rings. The van der Waals surface area contributed by atoms with E-state index < -0.39 is 0 Å². The van der Waals surface area contributed by atoms with Crippen LogP contribution in [0.5, 0.6) is 0 Å². The van der Waals surface area contributed by atoms with Gasteiger partial charge in [-0.05, 0) is 45.2 Å². The highest BCUT2D eigenvalue weighted by molar-refractivity contribution is 4.95. The maximum absolute atomic E-state index is 3.72. The number of nitrogens with one attached hydrogen (secondary N) is 1. The van der Waals surface area contributed by atoms with Crippen molar-refractivity contribution in [3.05, 3.63) is 0 Å². The van der Waals surface area contributed by atoms with Crippen LogP contribution in [0.25, 0.3) is 0 Å². The van der Waals surface area contributed by atoms with Crippen LogP contribution in [0.2, 0.25) is 0 Å². The van der Waals surface area contributed by atoms with Gasteiger partial charge in [0, 0.05) is 18.1 Å². The van der Waals surface area contributed by atoms with Gasteiger partial charge in [0.15, 0.2) is 0 Å². The number of rotatable bonds is 3. The molecule has 0 saturated carbocycles. The molecule has 14 heavy (non-hydrogen) atoms. The third-order valence-corrected chi connectivity index (χ3v) is 3.91. The average molecular weight is 196 g/mol. The van der Waals surface area contributed by atoms with E-state index in [1.165, 1.54) is 32.2 Å². The number of nitrogens with zero attached hydrogens (tertiary/aromatic N) is 1. The molecule has 0 radical (unpaired) electrons. The Bertz CT molecular complexity index is 177. The number of piperidine rings is 1. The smallest absolute Gasteiger partial charge is 0.0111 e. The maximum Gasteiger partial charge on any atom is 0.0111 e. The lowest BCUT2D eigenvalue weighted by molar-refractivity contribution is 0.147. The summed E-state index contributed by atoms with van der Waals surface area (Å²) in [5, 5.41) is 3.72. The molecule has 82 valence electrons. The van der Waals surface area contributed by atoms with Crippen LogP contribution in [0.3, 0.4) is 0 Å². The second kappa shape index (κ2) is 4.19. The monoisotopic (exact) mass is 196 g/mol. The Kier molecular flexibility index (Phi) is 3.13. The van der Waals surface area contributed by atoms with Gasteiger partial charge in [0.2, 0.25) is 0 Å². The third-order valence-electron chi connectivity index (χ3n) is 3.91. The van der Waals surface area contributed by atoms with Crippen LogP contribution in [0.4, 0.5) is 0 Å². The minimum Gasteiger partial charge on any atom is -0.314 e. The summed E-state index contributed by atoms with van der Waals surface area (Å²) in [5.41, 5.74) is 0. The van der Waals surface area contributed by atoms with Crippen molar-refractivity contribution in [2.45, 2.75) is 57.7 Å². The summed E-state index contributed by atoms with van der Waals surface area (Å²) in [6.45, 7) is 5.76. The van der Waals surface area contributed by atoms with Gasteiger partial charge in [-0.3, -0.25) is 0 Å². The fourth-order valence-electron chi connectivity index (χ4n) is 2.98. The van der Waals surface area contributed by atoms with Gasteiger partial charge in [-0.25, -0.2) is 0 Å². The second-order valence-corrected chi connectivity index (χ2v) is 5.52. The predicted octanol–water partition coefficient (Wildman–Crippen LogP) is 1.86. The Morgan fingerprint density at radius 2 is 1.79 bits per heavy atom. The molecule has 2 nitrogen and oxygen atoms in total. The molecule has 0 aromatic carbocycles. The molecule has 2 saturated heterocycles. The largest absolute Gasteiger partial charge is 0.314 e. The van der Waals surface area contributed by atoms with Gasteiger partial charge in [0.05, 0.1) is 0 Å². The van der Waals surface area contributed by atoms with Gasteiger partial charge < -0.3 is 10.2 Å². The maximum atomic E-state index is 3.72. The molecule has 0 spiro atoms. The Morgan fingerprint density at radius 1 is 1.21 bits per heavy atom. The zero-order valence-electron chi connectivity index (χ0n) is 9.79. The molecule has 2 unspecified atom stereocenters. The van der Waals surface area contributed by atoms with Crippen LogP contribution in [-0.2, 0) is 0 Å². The van der Waals surface area contributed by atoms with E-state index in [9.17, 15) is 0 Å². The normalized spacial score (nSPS) is 38.1. The summed E-state index contributed by atoms with van der Waals surface area (Å²) in [5.74, 6) is 0.785. The molecule has 2 fully saturated rings. The van der Waals surface area contributed by atoms with Gasteiger partial charge in [-0.1, -0.05) is 13.8 Å². The Labute approximate surface area is 88.1 Å². The van der Waals surface area contributed by atoms with E-state index in [1.807, 2.05) is 0 Å². The highest BCUT2D eigenvalue weighted by Crippen LogP contribution is 2.34. The minimum absolute atomic E-state index is 0.785. The molecule has 0 amide bonds. The first kappa shape index (κ1) is 10.4. The van der Waals surface area contributed by atoms with Crippen LogP contribution >= 0.6 is 0 Å². The molecule has 0 aromatic rings. The number of fused-ring (bicyclic) bond motifs is 2. The van der Waals surface area contributed by atoms with E-state index in [0.717, 1.165) is 24.0 Å². The van der Waals surface area contributed by atoms with Crippen molar-refractivity contribution in [1.82, 2.24) is 10.2 Å². The minimum atomic E-state index is 0.785. The summed E-state index contributed by atoms with van der Waals surface area (Å²) in [6, 6.07) is 2.54. The van der Waals surface area contributed by atoms with Crippen LogP contribution < -0.4 is 5.32 Å². The number of hydrogen-bond donors (Lipinski definition) is 1. The van der Waals surface area contributed by atoms with E-state index >= 15 is 0 Å². The van der Waals surface area contributed by atoms with E-state index in [-0.39, 0.29) is 0 Å². The van der Waals surface area contributed by atoms with Crippen LogP contribution in [0.1, 0.15) is 39.5 Å². The topological polar surface area (TPSA) is 15.3 Å². The van der Waals surface area contributed by atoms with Crippen LogP contribution in [0, 0.1) is 5.92 Å². The molecule has 2 atom stereocenters. The average Bonchev–Trinajstić information content (AvgIpc) is 2.41. The van der Waals surface area contributed by atoms with E-state index in [1.54, 1.807) is 0 Å². The van der Waals surface area contributed by atoms with Crippen LogP contribution in [0.15, 0.2) is 0 Å². The van der Waals surface area contributed by atoms with Crippen molar-refractivity contribution in [3.8, 4) is 0 Å². The summed E-state index contributed by atoms with van der Waals surface area (Å²) in [7, 11) is 2.31. The SMILES string of the molecule is CC(C)CNC1CC2CCC(C1)N2C. The predicted molar refractivity (Wildman–Crippen MR) is 60.4 cm³/mol. The summed E-state index contributed by atoms with van der Waals surface area (Å²) in [4.78, 5) is 2.60. The van der Waals surface area contributed by atoms with Gasteiger partial charge in [-0.2, -0.15) is 0 Å². The zero-order chi connectivity index (χ0) is 10.1. The molecule has 0 aliphatic carbocycles. The van der Waals surface area contributed by atoms with E-state index in [4.69, 9.17) is 0 Å². The molecule has 2 heteroatoms. The molecule has 2 rings (SSSR count). The molecule has 2 bridgehead atoms. The van der Waals surface area contributed by atoms with Crippen molar-refractivity contribution < 1.29 is 0 Å². The van der Waals surface area contributed by atoms with Crippen molar-refractivity contribution in [3.63, 3.8) is 0 Å². The van der Waals surface area contributed by atoms with Crippen molar-refractivity contribution in [2.75, 3.05) is 13.6 Å². The van der Waals surface area contributed by atoms with Gasteiger partial charge in [-0.15, -0.1) is 0 Å². The van der Waals surface area contributed by atoms with Gasteiger partial charge in [0.25, 0.3) is 0 Å². The first-order valence-electron chi connectivity index (χ1n) is 6.12. The van der Waals surface area contributed by atoms with E-state index in [2.05, 4.69) is 31.1 Å². The Morgan fingerprint density at radius 3 is 2.29 bits per heavy atom. The van der Waals surface area contributed by atoms with E-state index in [0.29, 0.717) is 0 Å².